The van der Waals surface area contributed by atoms with Gasteiger partial charge in [-0.2, -0.15) is 0 Å². The third kappa shape index (κ3) is 2.92. The molecule has 0 atom stereocenters. The molecule has 2 heterocycles. The Kier molecular flexibility index (Phi) is 4.02. The summed E-state index contributed by atoms with van der Waals surface area (Å²) in [6.45, 7) is 4.08. The van der Waals surface area contributed by atoms with E-state index in [1.807, 2.05) is 42.6 Å². The molecular formula is C16H15N3O2S. The monoisotopic (exact) mass is 313 g/mol. The number of amides is 1. The van der Waals surface area contributed by atoms with E-state index in [1.54, 1.807) is 17.9 Å². The SMILES string of the molecule is CCN(C(C)=O)c1nc(/C=C/c2nc3ccccc3o2)cs1. The molecule has 0 radical (unpaired) electrons. The molecule has 112 valence electrons. The molecule has 1 amide bonds. The maximum Gasteiger partial charge on any atom is 0.225 e. The van der Waals surface area contributed by atoms with Gasteiger partial charge >= 0.3 is 0 Å². The predicted molar refractivity (Wildman–Crippen MR) is 88.8 cm³/mol. The lowest BCUT2D eigenvalue weighted by Crippen LogP contribution is -2.27. The molecule has 3 rings (SSSR count). The second kappa shape index (κ2) is 6.11. The van der Waals surface area contributed by atoms with Crippen LogP contribution in [-0.2, 0) is 4.79 Å². The third-order valence-corrected chi connectivity index (χ3v) is 4.03. The lowest BCUT2D eigenvalue weighted by Gasteiger charge is -2.14. The first kappa shape index (κ1) is 14.5. The van der Waals surface area contributed by atoms with Gasteiger partial charge in [-0.1, -0.05) is 12.1 Å². The number of hydrogen-bond donors (Lipinski definition) is 0. The van der Waals surface area contributed by atoms with Crippen molar-refractivity contribution in [2.45, 2.75) is 13.8 Å². The molecule has 1 aromatic carbocycles. The summed E-state index contributed by atoms with van der Waals surface area (Å²) in [5.41, 5.74) is 2.37. The standard InChI is InChI=1S/C16H15N3O2S/c1-3-19(11(2)20)16-17-12(10-22-16)8-9-15-18-13-6-4-5-7-14(13)21-15/h4-10H,3H2,1-2H3/b9-8+. The van der Waals surface area contributed by atoms with Gasteiger partial charge in [-0.3, -0.25) is 9.69 Å². The lowest BCUT2D eigenvalue weighted by atomic mass is 10.3. The van der Waals surface area contributed by atoms with Crippen molar-refractivity contribution in [2.24, 2.45) is 0 Å². The zero-order chi connectivity index (χ0) is 15.5. The van der Waals surface area contributed by atoms with E-state index in [4.69, 9.17) is 4.42 Å². The minimum absolute atomic E-state index is 0.00803. The van der Waals surface area contributed by atoms with Gasteiger partial charge in [0.2, 0.25) is 11.8 Å². The first-order valence-corrected chi connectivity index (χ1v) is 7.82. The Morgan fingerprint density at radius 2 is 2.14 bits per heavy atom. The maximum atomic E-state index is 11.5. The second-order valence-electron chi connectivity index (χ2n) is 4.67. The number of hydrogen-bond acceptors (Lipinski definition) is 5. The number of anilines is 1. The smallest absolute Gasteiger partial charge is 0.225 e. The van der Waals surface area contributed by atoms with Crippen LogP contribution in [0.3, 0.4) is 0 Å². The molecule has 0 spiro atoms. The van der Waals surface area contributed by atoms with Gasteiger partial charge in [0.1, 0.15) is 5.52 Å². The van der Waals surface area contributed by atoms with Crippen LogP contribution in [0, 0.1) is 0 Å². The molecule has 5 nitrogen and oxygen atoms in total. The number of carbonyl (C=O) groups is 1. The van der Waals surface area contributed by atoms with Crippen LogP contribution in [0.1, 0.15) is 25.4 Å². The van der Waals surface area contributed by atoms with E-state index in [0.29, 0.717) is 17.6 Å². The number of benzene rings is 1. The Bertz CT molecular complexity index is 802. The fourth-order valence-corrected chi connectivity index (χ4v) is 2.99. The van der Waals surface area contributed by atoms with Crippen LogP contribution >= 0.6 is 11.3 Å². The first-order valence-electron chi connectivity index (χ1n) is 6.94. The van der Waals surface area contributed by atoms with Crippen molar-refractivity contribution in [1.29, 1.82) is 0 Å². The van der Waals surface area contributed by atoms with Crippen molar-refractivity contribution in [3.05, 3.63) is 41.2 Å². The number of carbonyl (C=O) groups excluding carboxylic acids is 1. The zero-order valence-corrected chi connectivity index (χ0v) is 13.1. The molecule has 0 aliphatic heterocycles. The van der Waals surface area contributed by atoms with Crippen LogP contribution in [0.15, 0.2) is 34.1 Å². The van der Waals surface area contributed by atoms with Gasteiger partial charge in [-0.15, -0.1) is 11.3 Å². The van der Waals surface area contributed by atoms with E-state index in [0.717, 1.165) is 16.8 Å². The van der Waals surface area contributed by atoms with E-state index in [-0.39, 0.29) is 5.91 Å². The van der Waals surface area contributed by atoms with Crippen molar-refractivity contribution in [3.63, 3.8) is 0 Å². The summed E-state index contributed by atoms with van der Waals surface area (Å²) < 4.78 is 5.62. The number of fused-ring (bicyclic) bond motifs is 1. The number of aromatic nitrogens is 2. The highest BCUT2D eigenvalue weighted by atomic mass is 32.1. The Labute approximate surface area is 131 Å². The topological polar surface area (TPSA) is 59.2 Å². The van der Waals surface area contributed by atoms with Gasteiger partial charge in [0, 0.05) is 24.9 Å². The van der Waals surface area contributed by atoms with Crippen molar-refractivity contribution in [3.8, 4) is 0 Å². The minimum Gasteiger partial charge on any atom is -0.437 e. The average molecular weight is 313 g/mol. The molecule has 3 aromatic rings. The summed E-state index contributed by atoms with van der Waals surface area (Å²) in [6, 6.07) is 7.62. The molecule has 0 fully saturated rings. The van der Waals surface area contributed by atoms with Gasteiger partial charge in [0.15, 0.2) is 10.7 Å². The van der Waals surface area contributed by atoms with Gasteiger partial charge in [-0.25, -0.2) is 9.97 Å². The van der Waals surface area contributed by atoms with E-state index in [1.165, 1.54) is 11.3 Å². The predicted octanol–water partition coefficient (Wildman–Crippen LogP) is 3.83. The van der Waals surface area contributed by atoms with Crippen molar-refractivity contribution in [2.75, 3.05) is 11.4 Å². The zero-order valence-electron chi connectivity index (χ0n) is 12.3. The van der Waals surface area contributed by atoms with Crippen molar-refractivity contribution >= 4 is 45.6 Å². The quantitative estimate of drug-likeness (QED) is 0.734. The summed E-state index contributed by atoms with van der Waals surface area (Å²) in [7, 11) is 0. The second-order valence-corrected chi connectivity index (χ2v) is 5.51. The van der Waals surface area contributed by atoms with Crippen LogP contribution in [0.4, 0.5) is 5.13 Å². The van der Waals surface area contributed by atoms with Gasteiger partial charge in [0.25, 0.3) is 0 Å². The van der Waals surface area contributed by atoms with Crippen LogP contribution in [0.25, 0.3) is 23.3 Å². The molecule has 0 N–H and O–H groups in total. The Balaban J connectivity index is 1.80. The molecule has 0 saturated heterocycles. The summed E-state index contributed by atoms with van der Waals surface area (Å²) >= 11 is 1.44. The number of para-hydroxylation sites is 2. The van der Waals surface area contributed by atoms with Gasteiger partial charge in [-0.05, 0) is 25.1 Å². The first-order chi connectivity index (χ1) is 10.7. The van der Waals surface area contributed by atoms with Gasteiger partial charge < -0.3 is 4.42 Å². The number of rotatable bonds is 4. The maximum absolute atomic E-state index is 11.5. The number of nitrogens with zero attached hydrogens (tertiary/aromatic N) is 3. The lowest BCUT2D eigenvalue weighted by molar-refractivity contribution is -0.116. The molecule has 2 aromatic heterocycles. The largest absolute Gasteiger partial charge is 0.437 e. The van der Waals surface area contributed by atoms with E-state index in [9.17, 15) is 4.79 Å². The van der Waals surface area contributed by atoms with Crippen LogP contribution in [-0.4, -0.2) is 22.4 Å². The van der Waals surface area contributed by atoms with Crippen molar-refractivity contribution in [1.82, 2.24) is 9.97 Å². The average Bonchev–Trinajstić information content (AvgIpc) is 3.11. The number of thiazole rings is 1. The summed E-state index contributed by atoms with van der Waals surface area (Å²) in [6.07, 6.45) is 3.61. The van der Waals surface area contributed by atoms with Crippen LogP contribution in [0.5, 0.6) is 0 Å². The summed E-state index contributed by atoms with van der Waals surface area (Å²) in [4.78, 5) is 22.0. The highest BCUT2D eigenvalue weighted by Crippen LogP contribution is 2.22. The van der Waals surface area contributed by atoms with Crippen molar-refractivity contribution < 1.29 is 9.21 Å². The van der Waals surface area contributed by atoms with E-state index in [2.05, 4.69) is 9.97 Å². The Morgan fingerprint density at radius 1 is 1.32 bits per heavy atom. The van der Waals surface area contributed by atoms with Gasteiger partial charge in [0.05, 0.1) is 5.69 Å². The normalized spacial score (nSPS) is 11.4. The highest BCUT2D eigenvalue weighted by molar-refractivity contribution is 7.14. The molecule has 22 heavy (non-hydrogen) atoms. The van der Waals surface area contributed by atoms with Crippen LogP contribution < -0.4 is 4.90 Å². The summed E-state index contributed by atoms with van der Waals surface area (Å²) in [5.74, 6) is 0.529. The fourth-order valence-electron chi connectivity index (χ4n) is 2.09. The molecule has 6 heteroatoms. The van der Waals surface area contributed by atoms with Crippen LogP contribution in [0.2, 0.25) is 0 Å². The Hall–Kier alpha value is -2.47. The Morgan fingerprint density at radius 3 is 2.86 bits per heavy atom. The molecule has 0 saturated carbocycles. The molecule has 0 bridgehead atoms. The fraction of sp³-hybridized carbons (Fsp3) is 0.188. The van der Waals surface area contributed by atoms with E-state index >= 15 is 0 Å². The highest BCUT2D eigenvalue weighted by Gasteiger charge is 2.12. The molecule has 0 aliphatic carbocycles. The molecule has 0 unspecified atom stereocenters. The third-order valence-electron chi connectivity index (χ3n) is 3.14. The number of oxazole rings is 1. The van der Waals surface area contributed by atoms with E-state index < -0.39 is 0 Å². The summed E-state index contributed by atoms with van der Waals surface area (Å²) in [5, 5.41) is 2.60. The minimum atomic E-state index is -0.00803. The molecule has 0 aliphatic rings. The molecular weight excluding hydrogens is 298 g/mol.